The quantitative estimate of drug-likeness (QED) is 0.920. The summed E-state index contributed by atoms with van der Waals surface area (Å²) in [4.78, 5) is 11.8. The van der Waals surface area contributed by atoms with E-state index >= 15 is 0 Å². The predicted octanol–water partition coefficient (Wildman–Crippen LogP) is 2.72. The standard InChI is InChI=1S/C15H13NO3S/c1-2-12-8-10-13(11-9-12)15(17)16-20(18)19-14-6-4-3-5-7-14/h2-11H,1H2,(H,16,17). The Balaban J connectivity index is 1.96. The van der Waals surface area contributed by atoms with E-state index in [1.54, 1.807) is 54.6 Å². The number of carbonyl (C=O) groups excluding carboxylic acids is 1. The number of para-hydroxylation sites is 1. The number of carbonyl (C=O) groups is 1. The van der Waals surface area contributed by atoms with Crippen LogP contribution in [0, 0.1) is 0 Å². The molecule has 0 aliphatic heterocycles. The van der Waals surface area contributed by atoms with E-state index in [0.29, 0.717) is 11.3 Å². The molecule has 0 aromatic heterocycles. The summed E-state index contributed by atoms with van der Waals surface area (Å²) in [7, 11) is 0. The summed E-state index contributed by atoms with van der Waals surface area (Å²) in [6, 6.07) is 15.4. The molecule has 0 aliphatic rings. The molecule has 0 spiro atoms. The van der Waals surface area contributed by atoms with Crippen LogP contribution in [0.1, 0.15) is 15.9 Å². The number of nitrogens with one attached hydrogen (secondary N) is 1. The number of hydrogen-bond donors (Lipinski definition) is 1. The van der Waals surface area contributed by atoms with Crippen LogP contribution in [0.2, 0.25) is 0 Å². The minimum Gasteiger partial charge on any atom is -0.385 e. The largest absolute Gasteiger partial charge is 0.385 e. The van der Waals surface area contributed by atoms with E-state index in [0.717, 1.165) is 5.56 Å². The summed E-state index contributed by atoms with van der Waals surface area (Å²) in [6.07, 6.45) is 1.68. The lowest BCUT2D eigenvalue weighted by atomic mass is 10.1. The maximum absolute atomic E-state index is 11.8. The average Bonchev–Trinajstić information content (AvgIpc) is 2.48. The van der Waals surface area contributed by atoms with Gasteiger partial charge in [0, 0.05) is 5.56 Å². The minimum atomic E-state index is -1.93. The van der Waals surface area contributed by atoms with Gasteiger partial charge in [-0.2, -0.15) is 4.21 Å². The van der Waals surface area contributed by atoms with Crippen LogP contribution in [-0.2, 0) is 11.3 Å². The van der Waals surface area contributed by atoms with Gasteiger partial charge in [0.15, 0.2) is 0 Å². The lowest BCUT2D eigenvalue weighted by Gasteiger charge is -2.06. The minimum absolute atomic E-state index is 0.403. The summed E-state index contributed by atoms with van der Waals surface area (Å²) in [6.45, 7) is 3.63. The smallest absolute Gasteiger partial charge is 0.318 e. The zero-order valence-electron chi connectivity index (χ0n) is 10.6. The van der Waals surface area contributed by atoms with Crippen molar-refractivity contribution in [2.24, 2.45) is 0 Å². The maximum atomic E-state index is 11.8. The molecule has 102 valence electrons. The molecule has 2 aromatic rings. The van der Waals surface area contributed by atoms with Gasteiger partial charge in [-0.15, -0.1) is 0 Å². The predicted molar refractivity (Wildman–Crippen MR) is 79.2 cm³/mol. The highest BCUT2D eigenvalue weighted by molar-refractivity contribution is 7.79. The fourth-order valence-corrected chi connectivity index (χ4v) is 2.09. The van der Waals surface area contributed by atoms with Crippen molar-refractivity contribution in [2.45, 2.75) is 0 Å². The molecule has 0 heterocycles. The highest BCUT2D eigenvalue weighted by Gasteiger charge is 2.10. The van der Waals surface area contributed by atoms with Crippen molar-refractivity contribution in [2.75, 3.05) is 0 Å². The molecule has 0 saturated heterocycles. The Labute approximate surface area is 119 Å². The molecule has 1 amide bonds. The Morgan fingerprint density at radius 3 is 2.35 bits per heavy atom. The van der Waals surface area contributed by atoms with E-state index < -0.39 is 17.2 Å². The van der Waals surface area contributed by atoms with Gasteiger partial charge in [-0.25, -0.2) is 4.72 Å². The summed E-state index contributed by atoms with van der Waals surface area (Å²) in [5, 5.41) is 0. The van der Waals surface area contributed by atoms with Crippen molar-refractivity contribution in [1.82, 2.24) is 4.72 Å². The molecule has 0 radical (unpaired) electrons. The topological polar surface area (TPSA) is 55.4 Å². The first-order chi connectivity index (χ1) is 9.69. The third kappa shape index (κ3) is 3.80. The first-order valence-corrected chi connectivity index (χ1v) is 6.95. The molecule has 1 atom stereocenters. The van der Waals surface area contributed by atoms with Crippen molar-refractivity contribution < 1.29 is 13.2 Å². The number of benzene rings is 2. The van der Waals surface area contributed by atoms with E-state index in [4.69, 9.17) is 4.18 Å². The molecule has 2 rings (SSSR count). The van der Waals surface area contributed by atoms with Crippen LogP contribution < -0.4 is 8.91 Å². The lowest BCUT2D eigenvalue weighted by Crippen LogP contribution is -2.28. The number of hydrogen-bond acceptors (Lipinski definition) is 3. The Bertz CT molecular complexity index is 623. The molecule has 20 heavy (non-hydrogen) atoms. The molecule has 0 saturated carbocycles. The lowest BCUT2D eigenvalue weighted by molar-refractivity contribution is 0.0981. The average molecular weight is 287 g/mol. The van der Waals surface area contributed by atoms with Crippen molar-refractivity contribution in [1.29, 1.82) is 0 Å². The van der Waals surface area contributed by atoms with Crippen molar-refractivity contribution in [3.8, 4) is 5.75 Å². The highest BCUT2D eigenvalue weighted by Crippen LogP contribution is 2.10. The van der Waals surface area contributed by atoms with Crippen molar-refractivity contribution >= 4 is 23.2 Å². The fraction of sp³-hybridized carbons (Fsp3) is 0. The Morgan fingerprint density at radius 1 is 1.10 bits per heavy atom. The van der Waals surface area contributed by atoms with E-state index in [-0.39, 0.29) is 0 Å². The third-order valence-electron chi connectivity index (χ3n) is 2.50. The fourth-order valence-electron chi connectivity index (χ4n) is 1.49. The van der Waals surface area contributed by atoms with Crippen molar-refractivity contribution in [3.63, 3.8) is 0 Å². The second kappa shape index (κ2) is 6.68. The zero-order chi connectivity index (χ0) is 14.4. The Kier molecular flexibility index (Phi) is 4.68. The second-order valence-corrected chi connectivity index (χ2v) is 4.73. The van der Waals surface area contributed by atoms with Crippen LogP contribution in [0.4, 0.5) is 0 Å². The molecule has 1 unspecified atom stereocenters. The van der Waals surface area contributed by atoms with Gasteiger partial charge in [0.05, 0.1) is 0 Å². The van der Waals surface area contributed by atoms with Gasteiger partial charge in [0.1, 0.15) is 5.75 Å². The van der Waals surface area contributed by atoms with E-state index in [9.17, 15) is 9.00 Å². The molecular weight excluding hydrogens is 274 g/mol. The highest BCUT2D eigenvalue weighted by atomic mass is 32.2. The molecule has 4 nitrogen and oxygen atoms in total. The number of amides is 1. The zero-order valence-corrected chi connectivity index (χ0v) is 11.4. The van der Waals surface area contributed by atoms with Crippen molar-refractivity contribution in [3.05, 3.63) is 72.3 Å². The van der Waals surface area contributed by atoms with Crippen LogP contribution in [0.15, 0.2) is 61.2 Å². The summed E-state index contributed by atoms with van der Waals surface area (Å²) in [5.41, 5.74) is 1.31. The van der Waals surface area contributed by atoms with Crippen LogP contribution in [0.5, 0.6) is 5.75 Å². The van der Waals surface area contributed by atoms with E-state index in [1.807, 2.05) is 6.07 Å². The normalized spacial score (nSPS) is 11.4. The molecule has 0 bridgehead atoms. The van der Waals surface area contributed by atoms with Gasteiger partial charge in [-0.3, -0.25) is 4.79 Å². The molecule has 0 aliphatic carbocycles. The Morgan fingerprint density at radius 2 is 1.75 bits per heavy atom. The van der Waals surface area contributed by atoms with Gasteiger partial charge in [0.2, 0.25) is 0 Å². The summed E-state index contributed by atoms with van der Waals surface area (Å²) in [5.74, 6) is -0.0389. The van der Waals surface area contributed by atoms with Crippen LogP contribution in [-0.4, -0.2) is 10.1 Å². The van der Waals surface area contributed by atoms with Gasteiger partial charge in [-0.05, 0) is 29.8 Å². The molecular formula is C15H13NO3S. The van der Waals surface area contributed by atoms with Crippen LogP contribution in [0.25, 0.3) is 6.08 Å². The molecule has 0 fully saturated rings. The summed E-state index contributed by atoms with van der Waals surface area (Å²) >= 11 is -1.93. The monoisotopic (exact) mass is 287 g/mol. The van der Waals surface area contributed by atoms with Crippen LogP contribution in [0.3, 0.4) is 0 Å². The molecule has 2 aromatic carbocycles. The molecule has 1 N–H and O–H groups in total. The maximum Gasteiger partial charge on any atom is 0.318 e. The van der Waals surface area contributed by atoms with Gasteiger partial charge in [-0.1, -0.05) is 43.0 Å². The Hall–Kier alpha value is -2.40. The molecule has 5 heteroatoms. The number of rotatable bonds is 5. The van der Waals surface area contributed by atoms with E-state index in [1.165, 1.54) is 0 Å². The van der Waals surface area contributed by atoms with E-state index in [2.05, 4.69) is 11.3 Å². The van der Waals surface area contributed by atoms with Gasteiger partial charge in [0.25, 0.3) is 5.91 Å². The summed E-state index contributed by atoms with van der Waals surface area (Å²) < 4.78 is 19.0. The van der Waals surface area contributed by atoms with Crippen LogP contribution >= 0.6 is 0 Å². The van der Waals surface area contributed by atoms with Gasteiger partial charge >= 0.3 is 11.3 Å². The third-order valence-corrected chi connectivity index (χ3v) is 3.20. The first kappa shape index (κ1) is 14.0. The SMILES string of the molecule is C=Cc1ccc(C(=O)NS(=O)Oc2ccccc2)cc1. The second-order valence-electron chi connectivity index (χ2n) is 3.89. The van der Waals surface area contributed by atoms with Gasteiger partial charge < -0.3 is 4.18 Å². The first-order valence-electron chi connectivity index (χ1n) is 5.87.